The average molecular weight is 425 g/mol. The number of aromatic nitrogens is 2. The molecule has 0 aliphatic carbocycles. The van der Waals surface area contributed by atoms with Crippen LogP contribution in [0.25, 0.3) is 11.3 Å². The van der Waals surface area contributed by atoms with Crippen molar-refractivity contribution in [3.8, 4) is 17.0 Å². The summed E-state index contributed by atoms with van der Waals surface area (Å²) in [5.74, 6) is 0.847. The summed E-state index contributed by atoms with van der Waals surface area (Å²) in [4.78, 5) is 21.0. The Bertz CT molecular complexity index is 1210. The van der Waals surface area contributed by atoms with Crippen molar-refractivity contribution in [2.24, 2.45) is 0 Å². The Morgan fingerprint density at radius 1 is 0.906 bits per heavy atom. The minimum Gasteiger partial charge on any atom is -0.493 e. The van der Waals surface area contributed by atoms with Crippen LogP contribution in [-0.2, 0) is 6.42 Å². The monoisotopic (exact) mass is 425 g/mol. The van der Waals surface area contributed by atoms with Gasteiger partial charge in [-0.2, -0.15) is 0 Å². The van der Waals surface area contributed by atoms with E-state index < -0.39 is 0 Å². The summed E-state index contributed by atoms with van der Waals surface area (Å²) in [6, 6.07) is 24.5. The fraction of sp³-hybridized carbons (Fsp3) is 0.0800. The molecule has 1 heterocycles. The van der Waals surface area contributed by atoms with Crippen LogP contribution >= 0.6 is 0 Å². The minimum atomic E-state index is -0.235. The van der Waals surface area contributed by atoms with Gasteiger partial charge in [-0.05, 0) is 42.0 Å². The lowest BCUT2D eigenvalue weighted by Gasteiger charge is -2.09. The van der Waals surface area contributed by atoms with Gasteiger partial charge in [0.2, 0.25) is 0 Å². The van der Waals surface area contributed by atoms with Gasteiger partial charge in [-0.1, -0.05) is 42.5 Å². The third-order valence-corrected chi connectivity index (χ3v) is 4.86. The van der Waals surface area contributed by atoms with Crippen LogP contribution in [0.1, 0.15) is 15.9 Å². The van der Waals surface area contributed by atoms with Gasteiger partial charge in [-0.3, -0.25) is 4.79 Å². The number of amides is 1. The smallest absolute Gasteiger partial charge is 0.255 e. The third kappa shape index (κ3) is 5.20. The van der Waals surface area contributed by atoms with Crippen molar-refractivity contribution in [1.82, 2.24) is 9.97 Å². The largest absolute Gasteiger partial charge is 0.493 e. The van der Waals surface area contributed by atoms with Gasteiger partial charge >= 0.3 is 0 Å². The van der Waals surface area contributed by atoms with Crippen LogP contribution in [0.2, 0.25) is 0 Å². The Morgan fingerprint density at radius 2 is 1.69 bits per heavy atom. The maximum atomic E-state index is 12.7. The fourth-order valence-electron chi connectivity index (χ4n) is 3.14. The van der Waals surface area contributed by atoms with E-state index in [9.17, 15) is 4.79 Å². The van der Waals surface area contributed by atoms with Crippen LogP contribution in [0.4, 0.5) is 17.3 Å². The number of rotatable bonds is 7. The molecule has 0 spiro atoms. The molecule has 7 nitrogen and oxygen atoms in total. The number of hydrogen-bond donors (Lipinski definition) is 3. The molecule has 1 amide bonds. The first-order valence-corrected chi connectivity index (χ1v) is 10.1. The summed E-state index contributed by atoms with van der Waals surface area (Å²) in [6.45, 7) is 0.584. The molecule has 0 bridgehead atoms. The molecule has 1 aromatic heterocycles. The summed E-state index contributed by atoms with van der Waals surface area (Å²) < 4.78 is 5.79. The maximum absolute atomic E-state index is 12.7. The molecule has 0 radical (unpaired) electrons. The van der Waals surface area contributed by atoms with Gasteiger partial charge in [0.15, 0.2) is 11.6 Å². The van der Waals surface area contributed by atoms with E-state index in [4.69, 9.17) is 16.2 Å². The van der Waals surface area contributed by atoms with E-state index in [0.717, 1.165) is 17.7 Å². The summed E-state index contributed by atoms with van der Waals surface area (Å²) in [5, 5.41) is 2.89. The predicted octanol–water partition coefficient (Wildman–Crippen LogP) is 4.18. The number of hydrogen-bond acceptors (Lipinski definition) is 6. The molecule has 0 saturated heterocycles. The number of carbonyl (C=O) groups is 1. The van der Waals surface area contributed by atoms with Crippen LogP contribution in [0.3, 0.4) is 0 Å². The molecule has 4 rings (SSSR count). The highest BCUT2D eigenvalue weighted by molar-refractivity contribution is 6.04. The number of nitrogens with two attached hydrogens (primary N) is 2. The molecule has 32 heavy (non-hydrogen) atoms. The fourth-order valence-corrected chi connectivity index (χ4v) is 3.14. The molecule has 7 heteroatoms. The van der Waals surface area contributed by atoms with Crippen molar-refractivity contribution in [2.45, 2.75) is 6.42 Å². The molecule has 5 N–H and O–H groups in total. The highest BCUT2D eigenvalue weighted by Gasteiger charge is 2.10. The quantitative estimate of drug-likeness (QED) is 0.409. The zero-order chi connectivity index (χ0) is 22.3. The normalized spacial score (nSPS) is 10.5. The lowest BCUT2D eigenvalue weighted by molar-refractivity contribution is 0.102. The molecule has 0 aliphatic heterocycles. The summed E-state index contributed by atoms with van der Waals surface area (Å²) in [6.07, 6.45) is 2.36. The number of carbonyl (C=O) groups excluding carboxylic acids is 1. The molecule has 160 valence electrons. The molecule has 4 aromatic rings. The summed E-state index contributed by atoms with van der Waals surface area (Å²) in [7, 11) is 0. The zero-order valence-corrected chi connectivity index (χ0v) is 17.4. The van der Waals surface area contributed by atoms with E-state index in [1.165, 1.54) is 11.8 Å². The van der Waals surface area contributed by atoms with Crippen molar-refractivity contribution in [3.63, 3.8) is 0 Å². The second-order valence-corrected chi connectivity index (χ2v) is 7.17. The zero-order valence-electron chi connectivity index (χ0n) is 17.4. The predicted molar refractivity (Wildman–Crippen MR) is 126 cm³/mol. The standard InChI is InChI=1S/C25H23N5O2/c26-23-24(27)30-22(16-28-23)18-7-4-8-19(15-18)25(31)29-20-9-11-21(12-10-20)32-14-13-17-5-2-1-3-6-17/h1-12,15-16H,13-14H2,(H2,26,28)(H2,27,30)(H,29,31). The van der Waals surface area contributed by atoms with Gasteiger partial charge in [0, 0.05) is 23.2 Å². The molecule has 0 fully saturated rings. The lowest BCUT2D eigenvalue weighted by Crippen LogP contribution is -2.12. The van der Waals surface area contributed by atoms with E-state index in [1.807, 2.05) is 48.5 Å². The van der Waals surface area contributed by atoms with Gasteiger partial charge in [-0.25, -0.2) is 9.97 Å². The number of anilines is 3. The SMILES string of the molecule is Nc1ncc(-c2cccc(C(=O)Nc3ccc(OCCc4ccccc4)cc3)c2)nc1N. The first kappa shape index (κ1) is 20.9. The highest BCUT2D eigenvalue weighted by atomic mass is 16.5. The van der Waals surface area contributed by atoms with Gasteiger partial charge < -0.3 is 21.5 Å². The Labute approximate surface area is 186 Å². The summed E-state index contributed by atoms with van der Waals surface area (Å²) in [5.41, 5.74) is 15.0. The van der Waals surface area contributed by atoms with Crippen LogP contribution in [0.15, 0.2) is 85.1 Å². The molecule has 3 aromatic carbocycles. The Morgan fingerprint density at radius 3 is 2.44 bits per heavy atom. The van der Waals surface area contributed by atoms with Crippen molar-refractivity contribution in [2.75, 3.05) is 23.4 Å². The topological polar surface area (TPSA) is 116 Å². The van der Waals surface area contributed by atoms with E-state index in [1.54, 1.807) is 18.2 Å². The molecular weight excluding hydrogens is 402 g/mol. The second-order valence-electron chi connectivity index (χ2n) is 7.17. The Balaban J connectivity index is 1.37. The molecular formula is C25H23N5O2. The van der Waals surface area contributed by atoms with Gasteiger partial charge in [0.1, 0.15) is 5.75 Å². The molecule has 0 saturated carbocycles. The van der Waals surface area contributed by atoms with Crippen molar-refractivity contribution in [3.05, 3.63) is 96.2 Å². The average Bonchev–Trinajstić information content (AvgIpc) is 2.83. The maximum Gasteiger partial charge on any atom is 0.255 e. The van der Waals surface area contributed by atoms with E-state index >= 15 is 0 Å². The second kappa shape index (κ2) is 9.61. The van der Waals surface area contributed by atoms with Crippen LogP contribution in [-0.4, -0.2) is 22.5 Å². The van der Waals surface area contributed by atoms with Gasteiger partial charge in [0.05, 0.1) is 18.5 Å². The highest BCUT2D eigenvalue weighted by Crippen LogP contribution is 2.22. The van der Waals surface area contributed by atoms with Crippen LogP contribution in [0.5, 0.6) is 5.75 Å². The summed E-state index contributed by atoms with van der Waals surface area (Å²) >= 11 is 0. The Kier molecular flexibility index (Phi) is 6.27. The van der Waals surface area contributed by atoms with E-state index in [-0.39, 0.29) is 17.5 Å². The first-order valence-electron chi connectivity index (χ1n) is 10.1. The number of nitrogens with zero attached hydrogens (tertiary/aromatic N) is 2. The van der Waals surface area contributed by atoms with Gasteiger partial charge in [-0.15, -0.1) is 0 Å². The van der Waals surface area contributed by atoms with Crippen LogP contribution < -0.4 is 21.5 Å². The Hall–Kier alpha value is -4.39. The lowest BCUT2D eigenvalue weighted by atomic mass is 10.1. The molecule has 0 atom stereocenters. The van der Waals surface area contributed by atoms with Crippen molar-refractivity contribution in [1.29, 1.82) is 0 Å². The molecule has 0 aliphatic rings. The van der Waals surface area contributed by atoms with Crippen LogP contribution in [0, 0.1) is 0 Å². The van der Waals surface area contributed by atoms with Crippen molar-refractivity contribution >= 4 is 23.2 Å². The number of nitrogens with one attached hydrogen (secondary N) is 1. The minimum absolute atomic E-state index is 0.156. The number of ether oxygens (including phenoxy) is 1. The van der Waals surface area contributed by atoms with Crippen molar-refractivity contribution < 1.29 is 9.53 Å². The third-order valence-electron chi connectivity index (χ3n) is 4.86. The number of benzene rings is 3. The molecule has 0 unspecified atom stereocenters. The van der Waals surface area contributed by atoms with E-state index in [2.05, 4.69) is 27.4 Å². The first-order chi connectivity index (χ1) is 15.6. The number of nitrogen functional groups attached to an aromatic ring is 2. The van der Waals surface area contributed by atoms with E-state index in [0.29, 0.717) is 23.6 Å². The van der Waals surface area contributed by atoms with Gasteiger partial charge in [0.25, 0.3) is 5.91 Å².